The predicted octanol–water partition coefficient (Wildman–Crippen LogP) is -3.00. The van der Waals surface area contributed by atoms with Crippen LogP contribution in [0.25, 0.3) is 17.2 Å². The molecule has 0 atom stereocenters. The molecular formula is C34H30K2N2O10. The normalized spacial score (nSPS) is 11.5. The quantitative estimate of drug-likeness (QED) is 0.0969. The van der Waals surface area contributed by atoms with Crippen molar-refractivity contribution in [3.8, 4) is 45.8 Å². The minimum absolute atomic E-state index is 0. The second kappa shape index (κ2) is 19.0. The van der Waals surface area contributed by atoms with Crippen molar-refractivity contribution >= 4 is 18.0 Å². The van der Waals surface area contributed by atoms with Crippen LogP contribution in [-0.4, -0.2) is 49.5 Å². The van der Waals surface area contributed by atoms with E-state index in [4.69, 9.17) is 28.4 Å². The monoisotopic (exact) mass is 704 g/mol. The Morgan fingerprint density at radius 3 is 2.33 bits per heavy atom. The zero-order valence-electron chi connectivity index (χ0n) is 27.4. The first-order valence-corrected chi connectivity index (χ1v) is 14.3. The van der Waals surface area contributed by atoms with Crippen LogP contribution in [0.2, 0.25) is 0 Å². The first kappa shape index (κ1) is 39.9. The molecule has 1 aliphatic heterocycles. The average molecular weight is 705 g/mol. The molecule has 0 unspecified atom stereocenters. The number of aromatic nitrogens is 2. The summed E-state index contributed by atoms with van der Waals surface area (Å²) < 4.78 is 34.0. The molecule has 1 aliphatic rings. The third-order valence-electron chi connectivity index (χ3n) is 7.09. The third-order valence-corrected chi connectivity index (χ3v) is 7.09. The predicted molar refractivity (Wildman–Crippen MR) is 161 cm³/mol. The Morgan fingerprint density at radius 1 is 0.896 bits per heavy atom. The van der Waals surface area contributed by atoms with Crippen LogP contribution in [0.5, 0.6) is 34.6 Å². The molecule has 48 heavy (non-hydrogen) atoms. The van der Waals surface area contributed by atoms with E-state index in [1.54, 1.807) is 48.5 Å². The summed E-state index contributed by atoms with van der Waals surface area (Å²) in [6, 6.07) is 14.7. The van der Waals surface area contributed by atoms with E-state index in [9.17, 15) is 19.8 Å². The van der Waals surface area contributed by atoms with Crippen molar-refractivity contribution < 1.29 is 151 Å². The van der Waals surface area contributed by atoms with Gasteiger partial charge in [-0.1, -0.05) is 31.2 Å². The van der Waals surface area contributed by atoms with Gasteiger partial charge in [0.15, 0.2) is 11.5 Å². The second-order valence-electron chi connectivity index (χ2n) is 10.0. The van der Waals surface area contributed by atoms with E-state index in [0.717, 1.165) is 0 Å². The van der Waals surface area contributed by atoms with Crippen molar-refractivity contribution in [2.45, 2.75) is 26.4 Å². The topological polar surface area (TPSA) is 161 Å². The summed E-state index contributed by atoms with van der Waals surface area (Å²) in [5.41, 5.74) is 1.80. The van der Waals surface area contributed by atoms with Gasteiger partial charge in [0.2, 0.25) is 12.7 Å². The molecule has 1 aromatic heterocycles. The van der Waals surface area contributed by atoms with Crippen molar-refractivity contribution in [1.29, 1.82) is 0 Å². The molecule has 0 spiro atoms. The van der Waals surface area contributed by atoms with E-state index in [-0.39, 0.29) is 151 Å². The molecule has 0 fully saturated rings. The fraction of sp³-hybridized carbons (Fsp3) is 0.235. The number of hydrogen-bond donors (Lipinski definition) is 0. The van der Waals surface area contributed by atoms with Crippen molar-refractivity contribution in [2.24, 2.45) is 0 Å². The Kier molecular flexibility index (Phi) is 15.8. The van der Waals surface area contributed by atoms with E-state index in [0.29, 0.717) is 58.3 Å². The molecule has 12 nitrogen and oxygen atoms in total. The van der Waals surface area contributed by atoms with Crippen LogP contribution < -0.4 is 141 Å². The van der Waals surface area contributed by atoms with E-state index in [1.807, 2.05) is 6.92 Å². The van der Waals surface area contributed by atoms with E-state index < -0.39 is 11.9 Å². The Balaban J connectivity index is 0.00000312. The molecule has 5 rings (SSSR count). The number of carboxylic acids is 2. The number of rotatable bonds is 14. The number of fused-ring (bicyclic) bond motifs is 1. The number of aromatic carboxylic acids is 1. The van der Waals surface area contributed by atoms with E-state index in [1.165, 1.54) is 32.7 Å². The van der Waals surface area contributed by atoms with Crippen LogP contribution >= 0.6 is 0 Å². The van der Waals surface area contributed by atoms with Gasteiger partial charge in [-0.2, -0.15) is 0 Å². The van der Waals surface area contributed by atoms with Crippen LogP contribution in [0, 0.1) is 0 Å². The van der Waals surface area contributed by atoms with Gasteiger partial charge in [0.05, 0.1) is 44.0 Å². The van der Waals surface area contributed by atoms with Crippen LogP contribution in [0.3, 0.4) is 0 Å². The molecular weight excluding hydrogens is 675 g/mol. The minimum Gasteiger partial charge on any atom is -0.545 e. The molecule has 14 heteroatoms. The fourth-order valence-electron chi connectivity index (χ4n) is 4.86. The third kappa shape index (κ3) is 9.59. The number of carbonyl (C=O) groups excluding carboxylic acids is 2. The Bertz CT molecular complexity index is 1800. The van der Waals surface area contributed by atoms with Crippen LogP contribution in [0.4, 0.5) is 0 Å². The number of methoxy groups -OCH3 is 2. The smallest absolute Gasteiger partial charge is 0.545 e. The number of carbonyl (C=O) groups is 2. The largest absolute Gasteiger partial charge is 1.00 e. The number of aliphatic carboxylic acids is 1. The summed E-state index contributed by atoms with van der Waals surface area (Å²) in [7, 11) is 2.97. The molecule has 3 aromatic carbocycles. The Labute approximate surface area is 362 Å². The molecule has 0 N–H and O–H groups in total. The van der Waals surface area contributed by atoms with Crippen molar-refractivity contribution in [3.05, 3.63) is 88.9 Å². The van der Waals surface area contributed by atoms with Crippen molar-refractivity contribution in [3.63, 3.8) is 0 Å². The molecule has 0 aliphatic carbocycles. The average Bonchev–Trinajstić information content (AvgIpc) is 3.53. The molecule has 2 heterocycles. The maximum absolute atomic E-state index is 12.5. The van der Waals surface area contributed by atoms with Gasteiger partial charge in [0, 0.05) is 35.2 Å². The minimum atomic E-state index is -1.43. The molecule has 0 radical (unpaired) electrons. The zero-order chi connectivity index (χ0) is 32.6. The van der Waals surface area contributed by atoms with Gasteiger partial charge in [-0.05, 0) is 41.8 Å². The first-order valence-electron chi connectivity index (χ1n) is 14.3. The van der Waals surface area contributed by atoms with Gasteiger partial charge in [0.25, 0.3) is 0 Å². The van der Waals surface area contributed by atoms with Crippen molar-refractivity contribution in [1.82, 2.24) is 9.97 Å². The molecule has 0 saturated carbocycles. The number of ether oxygens (including phenoxy) is 6. The van der Waals surface area contributed by atoms with Gasteiger partial charge in [0.1, 0.15) is 30.2 Å². The van der Waals surface area contributed by atoms with Gasteiger partial charge < -0.3 is 48.2 Å². The van der Waals surface area contributed by atoms with Gasteiger partial charge in [-0.15, -0.1) is 0 Å². The van der Waals surface area contributed by atoms with E-state index in [2.05, 4.69) is 9.97 Å². The van der Waals surface area contributed by atoms with Gasteiger partial charge in [-0.25, -0.2) is 9.97 Å². The summed E-state index contributed by atoms with van der Waals surface area (Å²) >= 11 is 0. The van der Waals surface area contributed by atoms with Crippen LogP contribution in [0.15, 0.2) is 66.5 Å². The van der Waals surface area contributed by atoms with Crippen LogP contribution in [0.1, 0.15) is 40.5 Å². The van der Waals surface area contributed by atoms with Gasteiger partial charge >= 0.3 is 103 Å². The summed E-state index contributed by atoms with van der Waals surface area (Å²) in [5, 5.41) is 24.2. The summed E-state index contributed by atoms with van der Waals surface area (Å²) in [6.07, 6.45) is 3.24. The maximum Gasteiger partial charge on any atom is 1.00 e. The molecule has 0 saturated heterocycles. The number of benzene rings is 3. The second-order valence-corrected chi connectivity index (χ2v) is 10.0. The summed E-state index contributed by atoms with van der Waals surface area (Å²) in [4.78, 5) is 33.0. The maximum atomic E-state index is 12.5. The molecule has 0 amide bonds. The SMILES string of the molecule is CCCOc1ncnc(/C=C(\Cc2cc3c(cc2OC)OCO3)C(=O)[O-])c1-c1ccc(OC)cc1OCc1ccccc1C(=O)[O-].[K+].[K+]. The van der Waals surface area contributed by atoms with Gasteiger partial charge in [-0.3, -0.25) is 0 Å². The molecule has 4 aromatic rings. The fourth-order valence-corrected chi connectivity index (χ4v) is 4.86. The Morgan fingerprint density at radius 2 is 1.65 bits per heavy atom. The summed E-state index contributed by atoms with van der Waals surface area (Å²) in [6.45, 7) is 2.18. The first-order chi connectivity index (χ1) is 22.3. The Hall–Kier alpha value is -2.51. The standard InChI is InChI=1S/C34H32N2O10.2K/c1-4-11-43-32-31(25-10-9-23(41-2)15-28(25)44-17-20-7-5-6-8-24(20)34(39)40)26(35-18-36-32)13-22(33(37)38)12-21-14-29-30(46-19-45-29)16-27(21)42-3;;/h5-10,13-16,18H,4,11-12,17,19H2,1-3H3,(H,37,38)(H,39,40);;/q;2*+1/p-2/b22-13+;;. The van der Waals surface area contributed by atoms with Crippen LogP contribution in [-0.2, 0) is 17.8 Å². The summed E-state index contributed by atoms with van der Waals surface area (Å²) in [5.74, 6) is -0.464. The van der Waals surface area contributed by atoms with E-state index >= 15 is 0 Å². The molecule has 238 valence electrons. The number of carboxylic acid groups (broad SMARTS) is 2. The van der Waals surface area contributed by atoms with Crippen molar-refractivity contribution in [2.75, 3.05) is 27.6 Å². The number of nitrogens with zero attached hydrogens (tertiary/aromatic N) is 2. The zero-order valence-corrected chi connectivity index (χ0v) is 33.6. The molecule has 0 bridgehead atoms. The number of hydrogen-bond acceptors (Lipinski definition) is 12.